The van der Waals surface area contributed by atoms with Crippen molar-refractivity contribution in [2.45, 2.75) is 44.4 Å². The van der Waals surface area contributed by atoms with E-state index in [1.54, 1.807) is 42.5 Å². The average Bonchev–Trinajstić information content (AvgIpc) is 3.27. The molecule has 1 saturated heterocycles. The van der Waals surface area contributed by atoms with Gasteiger partial charge in [0.15, 0.2) is 0 Å². The Bertz CT molecular complexity index is 1020. The van der Waals surface area contributed by atoms with E-state index in [1.165, 1.54) is 7.11 Å². The van der Waals surface area contributed by atoms with Crippen molar-refractivity contribution < 1.29 is 17.9 Å². The molecule has 1 fully saturated rings. The number of benzene rings is 2. The molecular formula is C23H31N3O4S. The zero-order valence-corrected chi connectivity index (χ0v) is 19.2. The number of methoxy groups -OCH3 is 1. The normalized spacial score (nSPS) is 14.0. The van der Waals surface area contributed by atoms with Gasteiger partial charge in [0, 0.05) is 25.2 Å². The van der Waals surface area contributed by atoms with Crippen molar-refractivity contribution in [3.63, 3.8) is 0 Å². The molecule has 0 bridgehead atoms. The molecule has 1 amide bonds. The highest BCUT2D eigenvalue weighted by molar-refractivity contribution is 7.93. The molecule has 2 aromatic rings. The molecule has 1 heterocycles. The highest BCUT2D eigenvalue weighted by Gasteiger charge is 2.25. The topological polar surface area (TPSA) is 87.7 Å². The summed E-state index contributed by atoms with van der Waals surface area (Å²) in [5, 5.41) is 2.84. The summed E-state index contributed by atoms with van der Waals surface area (Å²) in [6, 6.07) is 12.0. The van der Waals surface area contributed by atoms with Crippen molar-refractivity contribution in [3.8, 4) is 5.75 Å². The molecule has 168 valence electrons. The molecule has 7 nitrogen and oxygen atoms in total. The lowest BCUT2D eigenvalue weighted by Crippen LogP contribution is -2.23. The van der Waals surface area contributed by atoms with Crippen LogP contribution in [0.5, 0.6) is 5.75 Å². The third-order valence-corrected chi connectivity index (χ3v) is 6.67. The Balaban J connectivity index is 1.93. The first-order chi connectivity index (χ1) is 14.8. The zero-order chi connectivity index (χ0) is 22.4. The summed E-state index contributed by atoms with van der Waals surface area (Å²) in [5.74, 6) is 0.736. The molecular weight excluding hydrogens is 414 g/mol. The molecule has 2 N–H and O–H groups in total. The molecule has 8 heteroatoms. The van der Waals surface area contributed by atoms with Crippen LogP contribution < -0.4 is 19.7 Å². The van der Waals surface area contributed by atoms with Crippen LogP contribution in [-0.2, 0) is 14.8 Å². The van der Waals surface area contributed by atoms with Gasteiger partial charge in [-0.3, -0.25) is 9.52 Å². The van der Waals surface area contributed by atoms with Gasteiger partial charge in [-0.15, -0.1) is 0 Å². The quantitative estimate of drug-likeness (QED) is 0.595. The summed E-state index contributed by atoms with van der Waals surface area (Å²) >= 11 is 0. The third-order valence-electron chi connectivity index (χ3n) is 5.28. The van der Waals surface area contributed by atoms with Gasteiger partial charge in [0.2, 0.25) is 5.91 Å². The van der Waals surface area contributed by atoms with Crippen LogP contribution in [0, 0.1) is 5.92 Å². The first-order valence-electron chi connectivity index (χ1n) is 10.6. The molecule has 0 aliphatic carbocycles. The van der Waals surface area contributed by atoms with E-state index in [0.29, 0.717) is 35.2 Å². The van der Waals surface area contributed by atoms with Crippen LogP contribution in [0.1, 0.15) is 39.5 Å². The number of ether oxygens (including phenoxy) is 1. The SMILES string of the molecule is COc1ccccc1NS(=O)(=O)c1cc(NC(=O)CCC(C)C)ccc1N1CCCC1. The molecule has 3 rings (SSSR count). The van der Waals surface area contributed by atoms with Crippen LogP contribution >= 0.6 is 0 Å². The number of hydrogen-bond donors (Lipinski definition) is 2. The predicted octanol–water partition coefficient (Wildman–Crippen LogP) is 4.47. The van der Waals surface area contributed by atoms with E-state index in [2.05, 4.69) is 28.8 Å². The van der Waals surface area contributed by atoms with E-state index in [0.717, 1.165) is 32.4 Å². The van der Waals surface area contributed by atoms with Gasteiger partial charge >= 0.3 is 0 Å². The Morgan fingerprint density at radius 2 is 1.84 bits per heavy atom. The van der Waals surface area contributed by atoms with Crippen LogP contribution in [0.4, 0.5) is 17.1 Å². The summed E-state index contributed by atoms with van der Waals surface area (Å²) < 4.78 is 34.7. The van der Waals surface area contributed by atoms with Crippen molar-refractivity contribution in [1.82, 2.24) is 0 Å². The van der Waals surface area contributed by atoms with Gasteiger partial charge in [0.25, 0.3) is 10.0 Å². The standard InChI is InChI=1S/C23H31N3O4S/c1-17(2)10-13-23(27)24-18-11-12-20(26-14-6-7-15-26)22(16-18)31(28,29)25-19-8-4-5-9-21(19)30-3/h4-5,8-9,11-12,16-17,25H,6-7,10,13-15H2,1-3H3,(H,24,27). The van der Waals surface area contributed by atoms with Gasteiger partial charge < -0.3 is 15.0 Å². The second kappa shape index (κ2) is 10.0. The van der Waals surface area contributed by atoms with E-state index in [-0.39, 0.29) is 10.8 Å². The van der Waals surface area contributed by atoms with Crippen LogP contribution in [0.2, 0.25) is 0 Å². The number of para-hydroxylation sites is 2. The van der Waals surface area contributed by atoms with Crippen LogP contribution in [0.25, 0.3) is 0 Å². The summed E-state index contributed by atoms with van der Waals surface area (Å²) in [7, 11) is -2.42. The lowest BCUT2D eigenvalue weighted by atomic mass is 10.1. The minimum atomic E-state index is -3.92. The lowest BCUT2D eigenvalue weighted by Gasteiger charge is -2.23. The average molecular weight is 446 g/mol. The number of nitrogens with one attached hydrogen (secondary N) is 2. The number of nitrogens with zero attached hydrogens (tertiary/aromatic N) is 1. The van der Waals surface area contributed by atoms with Crippen LogP contribution in [0.3, 0.4) is 0 Å². The van der Waals surface area contributed by atoms with E-state index in [4.69, 9.17) is 4.74 Å². The van der Waals surface area contributed by atoms with Crippen molar-refractivity contribution in [1.29, 1.82) is 0 Å². The molecule has 0 radical (unpaired) electrons. The van der Waals surface area contributed by atoms with Crippen LogP contribution in [0.15, 0.2) is 47.4 Å². The van der Waals surface area contributed by atoms with E-state index < -0.39 is 10.0 Å². The second-order valence-electron chi connectivity index (χ2n) is 8.16. The van der Waals surface area contributed by atoms with Gasteiger partial charge in [-0.05, 0) is 55.5 Å². The number of rotatable bonds is 9. The number of carbonyl (C=O) groups excluding carboxylic acids is 1. The monoisotopic (exact) mass is 445 g/mol. The van der Waals surface area contributed by atoms with Crippen molar-refractivity contribution >= 4 is 33.0 Å². The molecule has 0 unspecified atom stereocenters. The minimum Gasteiger partial charge on any atom is -0.495 e. The lowest BCUT2D eigenvalue weighted by molar-refractivity contribution is -0.116. The largest absolute Gasteiger partial charge is 0.495 e. The fraction of sp³-hybridized carbons (Fsp3) is 0.435. The third kappa shape index (κ3) is 5.91. The summed E-state index contributed by atoms with van der Waals surface area (Å²) in [4.78, 5) is 14.5. The molecule has 1 aliphatic heterocycles. The van der Waals surface area contributed by atoms with Gasteiger partial charge in [-0.2, -0.15) is 0 Å². The smallest absolute Gasteiger partial charge is 0.264 e. The molecule has 2 aromatic carbocycles. The summed E-state index contributed by atoms with van der Waals surface area (Å²) in [5.41, 5.74) is 1.47. The Morgan fingerprint density at radius 1 is 1.13 bits per heavy atom. The Hall–Kier alpha value is -2.74. The van der Waals surface area contributed by atoms with Gasteiger partial charge in [0.1, 0.15) is 10.6 Å². The zero-order valence-electron chi connectivity index (χ0n) is 18.3. The molecule has 0 spiro atoms. The minimum absolute atomic E-state index is 0.122. The Labute approximate surface area is 184 Å². The molecule has 0 atom stereocenters. The summed E-state index contributed by atoms with van der Waals surface area (Å²) in [6.07, 6.45) is 3.21. The Kier molecular flexibility index (Phi) is 7.43. The molecule has 0 saturated carbocycles. The maximum atomic E-state index is 13.4. The van der Waals surface area contributed by atoms with E-state index in [1.807, 2.05) is 0 Å². The van der Waals surface area contributed by atoms with Crippen molar-refractivity contribution in [2.75, 3.05) is 35.1 Å². The predicted molar refractivity (Wildman–Crippen MR) is 124 cm³/mol. The molecule has 1 aliphatic rings. The molecule has 0 aromatic heterocycles. The number of carbonyl (C=O) groups is 1. The van der Waals surface area contributed by atoms with Crippen molar-refractivity contribution in [3.05, 3.63) is 42.5 Å². The number of amides is 1. The highest BCUT2D eigenvalue weighted by atomic mass is 32.2. The fourth-order valence-electron chi connectivity index (χ4n) is 3.60. The Morgan fingerprint density at radius 3 is 2.52 bits per heavy atom. The first-order valence-corrected chi connectivity index (χ1v) is 12.1. The van der Waals surface area contributed by atoms with Gasteiger partial charge in [0.05, 0.1) is 18.5 Å². The maximum absolute atomic E-state index is 13.4. The maximum Gasteiger partial charge on any atom is 0.264 e. The molecule has 31 heavy (non-hydrogen) atoms. The van der Waals surface area contributed by atoms with Crippen LogP contribution in [-0.4, -0.2) is 34.5 Å². The highest BCUT2D eigenvalue weighted by Crippen LogP contribution is 2.34. The van der Waals surface area contributed by atoms with Crippen molar-refractivity contribution in [2.24, 2.45) is 5.92 Å². The summed E-state index contributed by atoms with van der Waals surface area (Å²) in [6.45, 7) is 5.73. The number of sulfonamides is 1. The fourth-order valence-corrected chi connectivity index (χ4v) is 4.92. The van der Waals surface area contributed by atoms with Gasteiger partial charge in [-0.25, -0.2) is 8.42 Å². The second-order valence-corrected chi connectivity index (χ2v) is 9.81. The van der Waals surface area contributed by atoms with Gasteiger partial charge in [-0.1, -0.05) is 26.0 Å². The first kappa shape index (κ1) is 22.9. The number of anilines is 3. The van der Waals surface area contributed by atoms with E-state index >= 15 is 0 Å². The number of hydrogen-bond acceptors (Lipinski definition) is 5. The van der Waals surface area contributed by atoms with E-state index in [9.17, 15) is 13.2 Å².